The number of benzene rings is 2. The van der Waals surface area contributed by atoms with Gasteiger partial charge in [0.15, 0.2) is 0 Å². The van der Waals surface area contributed by atoms with Gasteiger partial charge in [0, 0.05) is 25.3 Å². The van der Waals surface area contributed by atoms with Crippen LogP contribution in [0.4, 0.5) is 5.69 Å². The molecule has 0 radical (unpaired) electrons. The van der Waals surface area contributed by atoms with Crippen LogP contribution in [-0.2, 0) is 31.6 Å². The Balaban J connectivity index is 1.55. The van der Waals surface area contributed by atoms with E-state index in [1.54, 1.807) is 32.0 Å². The van der Waals surface area contributed by atoms with Gasteiger partial charge in [0.2, 0.25) is 21.8 Å². The van der Waals surface area contributed by atoms with Crippen LogP contribution >= 0.6 is 0 Å². The fourth-order valence-corrected chi connectivity index (χ4v) is 6.13. The van der Waals surface area contributed by atoms with Gasteiger partial charge in [-0.25, -0.2) is 8.42 Å². The van der Waals surface area contributed by atoms with Crippen molar-refractivity contribution in [1.82, 2.24) is 9.62 Å². The van der Waals surface area contributed by atoms with Crippen LogP contribution in [0.1, 0.15) is 49.8 Å². The van der Waals surface area contributed by atoms with Gasteiger partial charge in [0.1, 0.15) is 6.54 Å². The molecule has 33 heavy (non-hydrogen) atoms. The summed E-state index contributed by atoms with van der Waals surface area (Å²) in [7, 11) is -3.61. The molecular formula is C25H31N3O4S. The van der Waals surface area contributed by atoms with Gasteiger partial charge in [-0.15, -0.1) is 0 Å². The topological polar surface area (TPSA) is 86.8 Å². The predicted octanol–water partition coefficient (Wildman–Crippen LogP) is 3.11. The quantitative estimate of drug-likeness (QED) is 0.704. The van der Waals surface area contributed by atoms with Crippen LogP contribution in [0.25, 0.3) is 0 Å². The van der Waals surface area contributed by atoms with Crippen LogP contribution in [0.15, 0.2) is 47.4 Å². The van der Waals surface area contributed by atoms with Gasteiger partial charge in [-0.2, -0.15) is 4.31 Å². The molecule has 2 aliphatic heterocycles. The number of hydrogen-bond acceptors (Lipinski definition) is 4. The van der Waals surface area contributed by atoms with E-state index in [4.69, 9.17) is 0 Å². The zero-order valence-electron chi connectivity index (χ0n) is 19.4. The van der Waals surface area contributed by atoms with Crippen LogP contribution in [0, 0.1) is 6.92 Å². The van der Waals surface area contributed by atoms with Crippen molar-refractivity contribution in [3.63, 3.8) is 0 Å². The molecule has 0 atom stereocenters. The first-order valence-electron chi connectivity index (χ1n) is 11.4. The lowest BCUT2D eigenvalue weighted by Gasteiger charge is -2.26. The minimum Gasteiger partial charge on any atom is -0.350 e. The predicted molar refractivity (Wildman–Crippen MR) is 127 cm³/mol. The molecule has 1 N–H and O–H groups in total. The zero-order valence-corrected chi connectivity index (χ0v) is 20.2. The molecule has 2 aromatic carbocycles. The lowest BCUT2D eigenvalue weighted by atomic mass is 9.86. The Bertz CT molecular complexity index is 1180. The van der Waals surface area contributed by atoms with Crippen molar-refractivity contribution >= 4 is 27.5 Å². The minimum atomic E-state index is -3.61. The fourth-order valence-electron chi connectivity index (χ4n) is 4.59. The second-order valence-electron chi connectivity index (χ2n) is 9.36. The Morgan fingerprint density at radius 2 is 1.76 bits per heavy atom. The molecule has 0 spiro atoms. The first-order valence-corrected chi connectivity index (χ1v) is 12.8. The first kappa shape index (κ1) is 23.4. The lowest BCUT2D eigenvalue weighted by molar-refractivity contribution is -0.125. The SMILES string of the molecule is Cc1ccccc1CNC(=O)CN1C(=O)C(C)(C)c2cc(S(=O)(=O)N3CCCCC3)ccc21. The third kappa shape index (κ3) is 4.42. The summed E-state index contributed by atoms with van der Waals surface area (Å²) in [6.45, 7) is 6.85. The summed E-state index contributed by atoms with van der Waals surface area (Å²) in [6.07, 6.45) is 2.76. The number of anilines is 1. The Kier molecular flexibility index (Phi) is 6.33. The number of nitrogens with one attached hydrogen (secondary N) is 1. The molecule has 0 aliphatic carbocycles. The maximum atomic E-state index is 13.2. The maximum Gasteiger partial charge on any atom is 0.243 e. The summed E-state index contributed by atoms with van der Waals surface area (Å²) in [5.74, 6) is -0.476. The van der Waals surface area contributed by atoms with E-state index in [1.807, 2.05) is 31.2 Å². The van der Waals surface area contributed by atoms with Crippen molar-refractivity contribution in [3.05, 3.63) is 59.2 Å². The van der Waals surface area contributed by atoms with Crippen molar-refractivity contribution in [2.24, 2.45) is 0 Å². The summed E-state index contributed by atoms with van der Waals surface area (Å²) < 4.78 is 27.8. The molecule has 2 aromatic rings. The van der Waals surface area contributed by atoms with Crippen molar-refractivity contribution in [2.75, 3.05) is 24.5 Å². The van der Waals surface area contributed by atoms with Crippen molar-refractivity contribution in [1.29, 1.82) is 0 Å². The van der Waals surface area contributed by atoms with Crippen molar-refractivity contribution in [3.8, 4) is 0 Å². The van der Waals surface area contributed by atoms with Gasteiger partial charge >= 0.3 is 0 Å². The van der Waals surface area contributed by atoms with E-state index >= 15 is 0 Å². The van der Waals surface area contributed by atoms with Crippen LogP contribution < -0.4 is 10.2 Å². The zero-order chi connectivity index (χ0) is 23.8. The van der Waals surface area contributed by atoms with Crippen LogP contribution in [0.5, 0.6) is 0 Å². The molecule has 7 nitrogen and oxygen atoms in total. The summed E-state index contributed by atoms with van der Waals surface area (Å²) >= 11 is 0. The Morgan fingerprint density at radius 1 is 1.06 bits per heavy atom. The third-order valence-corrected chi connectivity index (χ3v) is 8.60. The molecular weight excluding hydrogens is 438 g/mol. The van der Waals surface area contributed by atoms with E-state index in [0.717, 1.165) is 30.4 Å². The highest BCUT2D eigenvalue weighted by atomic mass is 32.2. The summed E-state index contributed by atoms with van der Waals surface area (Å²) in [5, 5.41) is 2.89. The average Bonchev–Trinajstić information content (AvgIpc) is 2.99. The molecule has 0 bridgehead atoms. The number of sulfonamides is 1. The van der Waals surface area contributed by atoms with Gasteiger partial charge in [-0.3, -0.25) is 9.59 Å². The second-order valence-corrected chi connectivity index (χ2v) is 11.3. The van der Waals surface area contributed by atoms with Gasteiger partial charge in [-0.1, -0.05) is 30.7 Å². The van der Waals surface area contributed by atoms with Crippen molar-refractivity contribution < 1.29 is 18.0 Å². The molecule has 2 aliphatic rings. The number of carbonyl (C=O) groups is 2. The van der Waals surface area contributed by atoms with Gasteiger partial charge < -0.3 is 10.2 Å². The fraction of sp³-hybridized carbons (Fsp3) is 0.440. The van der Waals surface area contributed by atoms with E-state index in [2.05, 4.69) is 5.32 Å². The van der Waals surface area contributed by atoms with E-state index in [9.17, 15) is 18.0 Å². The first-order chi connectivity index (χ1) is 15.6. The van der Waals surface area contributed by atoms with Crippen LogP contribution in [-0.4, -0.2) is 44.2 Å². The average molecular weight is 470 g/mol. The normalized spacial score (nSPS) is 18.3. The number of fused-ring (bicyclic) bond motifs is 1. The number of amides is 2. The Labute approximate surface area is 195 Å². The Hall–Kier alpha value is -2.71. The standard InChI is InChI=1S/C25H31N3O4S/c1-18-9-5-6-10-19(18)16-26-23(29)17-28-22-12-11-20(15-21(22)25(2,3)24(28)30)33(31,32)27-13-7-4-8-14-27/h5-6,9-12,15H,4,7-8,13-14,16-17H2,1-3H3,(H,26,29). The van der Waals surface area contributed by atoms with Gasteiger partial charge in [-0.05, 0) is 68.5 Å². The number of piperidine rings is 1. The largest absolute Gasteiger partial charge is 0.350 e. The summed E-state index contributed by atoms with van der Waals surface area (Å²) in [6, 6.07) is 12.6. The molecule has 8 heteroatoms. The number of carbonyl (C=O) groups excluding carboxylic acids is 2. The molecule has 0 aromatic heterocycles. The molecule has 2 amide bonds. The van der Waals surface area contributed by atoms with Gasteiger partial charge in [0.05, 0.1) is 10.3 Å². The van der Waals surface area contributed by atoms with E-state index in [1.165, 1.54) is 9.21 Å². The Morgan fingerprint density at radius 3 is 2.45 bits per heavy atom. The minimum absolute atomic E-state index is 0.112. The highest BCUT2D eigenvalue weighted by Crippen LogP contribution is 2.42. The number of rotatable bonds is 6. The second kappa shape index (κ2) is 8.91. The molecule has 2 heterocycles. The van der Waals surface area contributed by atoms with E-state index in [0.29, 0.717) is 30.9 Å². The summed E-state index contributed by atoms with van der Waals surface area (Å²) in [5.41, 5.74) is 2.42. The highest BCUT2D eigenvalue weighted by molar-refractivity contribution is 7.89. The molecule has 0 saturated carbocycles. The summed E-state index contributed by atoms with van der Waals surface area (Å²) in [4.78, 5) is 27.5. The maximum absolute atomic E-state index is 13.2. The smallest absolute Gasteiger partial charge is 0.243 e. The monoisotopic (exact) mass is 469 g/mol. The van der Waals surface area contributed by atoms with Crippen LogP contribution in [0.3, 0.4) is 0 Å². The highest BCUT2D eigenvalue weighted by Gasteiger charge is 2.45. The number of aryl methyl sites for hydroxylation is 1. The van der Waals surface area contributed by atoms with E-state index in [-0.39, 0.29) is 23.3 Å². The molecule has 1 fully saturated rings. The van der Waals surface area contributed by atoms with E-state index < -0.39 is 15.4 Å². The van der Waals surface area contributed by atoms with Gasteiger partial charge in [0.25, 0.3) is 0 Å². The number of hydrogen-bond donors (Lipinski definition) is 1. The molecule has 1 saturated heterocycles. The molecule has 4 rings (SSSR count). The number of nitrogens with zero attached hydrogens (tertiary/aromatic N) is 2. The molecule has 176 valence electrons. The van der Waals surface area contributed by atoms with Crippen molar-refractivity contribution in [2.45, 2.75) is 56.9 Å². The van der Waals surface area contributed by atoms with Crippen LogP contribution in [0.2, 0.25) is 0 Å². The molecule has 0 unspecified atom stereocenters. The third-order valence-electron chi connectivity index (χ3n) is 6.70. The lowest BCUT2D eigenvalue weighted by Crippen LogP contribution is -2.42.